The molecule has 0 aromatic heterocycles. The minimum Gasteiger partial charge on any atom is -0.459 e. The van der Waals surface area contributed by atoms with Crippen LogP contribution >= 0.6 is 0 Å². The van der Waals surface area contributed by atoms with Crippen LogP contribution in [0.5, 0.6) is 0 Å². The van der Waals surface area contributed by atoms with Crippen LogP contribution in [0.25, 0.3) is 0 Å². The maximum absolute atomic E-state index is 14.1. The van der Waals surface area contributed by atoms with E-state index < -0.39 is 89.4 Å². The van der Waals surface area contributed by atoms with Crippen LogP contribution in [0.1, 0.15) is 46.1 Å². The van der Waals surface area contributed by atoms with Crippen molar-refractivity contribution < 1.29 is 50.7 Å². The van der Waals surface area contributed by atoms with Gasteiger partial charge in [-0.05, 0) is 48.1 Å². The van der Waals surface area contributed by atoms with E-state index in [-0.39, 0.29) is 30.4 Å². The molecule has 44 heavy (non-hydrogen) atoms. The lowest BCUT2D eigenvalue weighted by Gasteiger charge is -2.35. The topological polar surface area (TPSA) is 134 Å². The molecule has 2 saturated heterocycles. The molecule has 3 fully saturated rings. The highest BCUT2D eigenvalue weighted by Crippen LogP contribution is 2.65. The number of piperidine rings is 1. The summed E-state index contributed by atoms with van der Waals surface area (Å²) in [4.78, 5) is 65.7. The van der Waals surface area contributed by atoms with Crippen molar-refractivity contribution in [1.82, 2.24) is 20.9 Å². The molecule has 0 spiro atoms. The SMILES string of the molecule is CC(C)[C@H](NC(=O)C(F)(F)F)C(=O)N1C[C@H]2[C@@H]([C@H]1C(=O)N[C@@H](C[C@@H]1CCNC1=O)C(=O)OCc1ccc(F)cc1F)C2(C)C. The molecule has 4 rings (SSSR count). The number of nitrogens with zero attached hydrogens (tertiary/aromatic N) is 1. The third-order valence-electron chi connectivity index (χ3n) is 8.91. The second-order valence-corrected chi connectivity index (χ2v) is 12.5. The fourth-order valence-corrected chi connectivity index (χ4v) is 6.24. The number of rotatable bonds is 10. The highest BCUT2D eigenvalue weighted by Gasteiger charge is 2.69. The van der Waals surface area contributed by atoms with Crippen molar-refractivity contribution in [2.45, 2.75) is 71.4 Å². The van der Waals surface area contributed by atoms with Crippen molar-refractivity contribution >= 4 is 29.6 Å². The Kier molecular flexibility index (Phi) is 9.27. The van der Waals surface area contributed by atoms with E-state index in [1.54, 1.807) is 5.32 Å². The van der Waals surface area contributed by atoms with Crippen LogP contribution in [0.2, 0.25) is 0 Å². The number of halogens is 5. The molecule has 1 aromatic rings. The summed E-state index contributed by atoms with van der Waals surface area (Å²) in [6, 6.07) is -1.47. The summed E-state index contributed by atoms with van der Waals surface area (Å²) in [5.74, 6) is -9.04. The van der Waals surface area contributed by atoms with Gasteiger partial charge in [0.1, 0.15) is 36.4 Å². The molecule has 2 heterocycles. The van der Waals surface area contributed by atoms with E-state index in [0.29, 0.717) is 19.0 Å². The van der Waals surface area contributed by atoms with Crippen LogP contribution in [0.4, 0.5) is 22.0 Å². The molecule has 4 amide bonds. The van der Waals surface area contributed by atoms with Gasteiger partial charge >= 0.3 is 18.1 Å². The Bertz CT molecular complexity index is 1340. The molecule has 1 aromatic carbocycles. The summed E-state index contributed by atoms with van der Waals surface area (Å²) in [5, 5.41) is 6.94. The number of carbonyl (C=O) groups excluding carboxylic acids is 5. The van der Waals surface area contributed by atoms with Crippen LogP contribution in [0.3, 0.4) is 0 Å². The first-order chi connectivity index (χ1) is 20.4. The summed E-state index contributed by atoms with van der Waals surface area (Å²) in [7, 11) is 0. The Labute approximate surface area is 250 Å². The molecule has 3 N–H and O–H groups in total. The lowest BCUT2D eigenvalue weighted by Crippen LogP contribution is -2.59. The first-order valence-corrected chi connectivity index (χ1v) is 14.3. The van der Waals surface area contributed by atoms with Gasteiger partial charge in [0.25, 0.3) is 0 Å². The smallest absolute Gasteiger partial charge is 0.459 e. The van der Waals surface area contributed by atoms with Gasteiger partial charge in [-0.1, -0.05) is 27.7 Å². The molecule has 0 unspecified atom stereocenters. The van der Waals surface area contributed by atoms with Gasteiger partial charge in [-0.2, -0.15) is 13.2 Å². The average Bonchev–Trinajstić information content (AvgIpc) is 3.26. The number of amides is 4. The van der Waals surface area contributed by atoms with Crippen molar-refractivity contribution in [1.29, 1.82) is 0 Å². The number of likely N-dealkylation sites (tertiary alicyclic amines) is 1. The third-order valence-corrected chi connectivity index (χ3v) is 8.91. The summed E-state index contributed by atoms with van der Waals surface area (Å²) in [5.41, 5.74) is -0.526. The number of alkyl halides is 3. The predicted molar refractivity (Wildman–Crippen MR) is 143 cm³/mol. The maximum Gasteiger partial charge on any atom is 0.471 e. The number of benzene rings is 1. The fourth-order valence-electron chi connectivity index (χ4n) is 6.24. The first-order valence-electron chi connectivity index (χ1n) is 14.3. The molecule has 1 aliphatic carbocycles. The molecule has 2 aliphatic heterocycles. The van der Waals surface area contributed by atoms with E-state index >= 15 is 0 Å². The van der Waals surface area contributed by atoms with E-state index in [2.05, 4.69) is 10.6 Å². The highest BCUT2D eigenvalue weighted by molar-refractivity contribution is 5.96. The number of fused-ring (bicyclic) bond motifs is 1. The average molecular weight is 631 g/mol. The van der Waals surface area contributed by atoms with E-state index in [1.165, 1.54) is 13.8 Å². The molecule has 0 bridgehead atoms. The van der Waals surface area contributed by atoms with Gasteiger partial charge in [-0.3, -0.25) is 19.2 Å². The van der Waals surface area contributed by atoms with Crippen molar-refractivity contribution in [3.05, 3.63) is 35.4 Å². The second-order valence-electron chi connectivity index (χ2n) is 12.5. The highest BCUT2D eigenvalue weighted by atomic mass is 19.4. The number of hydrogen-bond acceptors (Lipinski definition) is 6. The van der Waals surface area contributed by atoms with Crippen LogP contribution in [0, 0.1) is 40.7 Å². The van der Waals surface area contributed by atoms with E-state index in [1.807, 2.05) is 13.8 Å². The van der Waals surface area contributed by atoms with Gasteiger partial charge in [-0.25, -0.2) is 13.6 Å². The van der Waals surface area contributed by atoms with Gasteiger partial charge in [0.15, 0.2) is 0 Å². The second kappa shape index (κ2) is 12.3. The van der Waals surface area contributed by atoms with Crippen LogP contribution < -0.4 is 16.0 Å². The van der Waals surface area contributed by atoms with Crippen molar-refractivity contribution in [3.8, 4) is 0 Å². The Morgan fingerprint density at radius 1 is 1.14 bits per heavy atom. The van der Waals surface area contributed by atoms with E-state index in [4.69, 9.17) is 4.74 Å². The number of ether oxygens (including phenoxy) is 1. The zero-order valence-electron chi connectivity index (χ0n) is 24.6. The lowest BCUT2D eigenvalue weighted by molar-refractivity contribution is -0.175. The first kappa shape index (κ1) is 33.1. The third kappa shape index (κ3) is 6.80. The number of nitrogens with one attached hydrogen (secondary N) is 3. The zero-order chi connectivity index (χ0) is 32.7. The number of carbonyl (C=O) groups is 5. The van der Waals surface area contributed by atoms with E-state index in [9.17, 15) is 45.9 Å². The van der Waals surface area contributed by atoms with Crippen LogP contribution in [-0.4, -0.2) is 71.9 Å². The summed E-state index contributed by atoms with van der Waals surface area (Å²) < 4.78 is 71.7. The molecule has 1 saturated carbocycles. The standard InChI is InChI=1S/C29H35F5N4O6/c1-13(2)21(37-27(43)29(32,33)34)25(41)38-11-17-20(28(17,3)4)22(38)24(40)36-19(9-14-7-8-35-23(14)39)26(42)44-12-15-5-6-16(30)10-18(15)31/h5-6,10,13-14,17,19-22H,7-9,11-12H2,1-4H3,(H,35,39)(H,36,40)(H,37,43)/t14-,17-,19-,20-,21-,22-/m0/s1. The quantitative estimate of drug-likeness (QED) is 0.268. The molecule has 0 radical (unpaired) electrons. The fraction of sp³-hybridized carbons (Fsp3) is 0.621. The molecule has 3 aliphatic rings. The number of hydrogen-bond donors (Lipinski definition) is 3. The monoisotopic (exact) mass is 630 g/mol. The molecule has 242 valence electrons. The van der Waals surface area contributed by atoms with Gasteiger partial charge < -0.3 is 25.6 Å². The van der Waals surface area contributed by atoms with E-state index in [0.717, 1.165) is 17.0 Å². The number of esters is 1. The predicted octanol–water partition coefficient (Wildman–Crippen LogP) is 2.21. The lowest BCUT2D eigenvalue weighted by atomic mass is 9.95. The van der Waals surface area contributed by atoms with Crippen LogP contribution in [-0.2, 0) is 35.3 Å². The van der Waals surface area contributed by atoms with Crippen molar-refractivity contribution in [3.63, 3.8) is 0 Å². The van der Waals surface area contributed by atoms with Gasteiger partial charge in [0.2, 0.25) is 17.7 Å². The Hall–Kier alpha value is -3.78. The zero-order valence-corrected chi connectivity index (χ0v) is 24.6. The van der Waals surface area contributed by atoms with Crippen molar-refractivity contribution in [2.75, 3.05) is 13.1 Å². The molecular formula is C29H35F5N4O6. The van der Waals surface area contributed by atoms with Gasteiger partial charge in [0.05, 0.1) is 0 Å². The maximum atomic E-state index is 14.1. The van der Waals surface area contributed by atoms with Crippen molar-refractivity contribution in [2.24, 2.45) is 29.1 Å². The molecular weight excluding hydrogens is 595 g/mol. The minimum absolute atomic E-state index is 0.0453. The largest absolute Gasteiger partial charge is 0.471 e. The summed E-state index contributed by atoms with van der Waals surface area (Å²) in [6.07, 6.45) is -5.03. The summed E-state index contributed by atoms with van der Waals surface area (Å²) >= 11 is 0. The molecule has 10 nitrogen and oxygen atoms in total. The van der Waals surface area contributed by atoms with Gasteiger partial charge in [0, 0.05) is 30.6 Å². The molecule has 6 atom stereocenters. The normalized spacial score (nSPS) is 25.1. The minimum atomic E-state index is -5.23. The summed E-state index contributed by atoms with van der Waals surface area (Å²) in [6.45, 7) is 6.47. The Morgan fingerprint density at radius 3 is 2.39 bits per heavy atom. The Morgan fingerprint density at radius 2 is 1.82 bits per heavy atom. The van der Waals surface area contributed by atoms with Crippen LogP contribution in [0.15, 0.2) is 18.2 Å². The van der Waals surface area contributed by atoms with Gasteiger partial charge in [-0.15, -0.1) is 0 Å². The molecule has 15 heteroatoms. The Balaban J connectivity index is 1.55.